The van der Waals surface area contributed by atoms with Crippen LogP contribution in [0.1, 0.15) is 28.2 Å². The summed E-state index contributed by atoms with van der Waals surface area (Å²) < 4.78 is 68.3. The lowest BCUT2D eigenvalue weighted by Gasteiger charge is -2.16. The Labute approximate surface area is 196 Å². The fraction of sp³-hybridized carbons (Fsp3) is 0.125. The third-order valence-corrected chi connectivity index (χ3v) is 4.70. The van der Waals surface area contributed by atoms with E-state index in [9.17, 15) is 26.7 Å². The lowest BCUT2D eigenvalue weighted by Crippen LogP contribution is -2.24. The lowest BCUT2D eigenvalue weighted by molar-refractivity contribution is -0.137. The van der Waals surface area contributed by atoms with Gasteiger partial charge < -0.3 is 10.1 Å². The van der Waals surface area contributed by atoms with Crippen molar-refractivity contribution in [3.8, 4) is 11.8 Å². The quantitative estimate of drug-likeness (QED) is 0.239. The van der Waals surface area contributed by atoms with E-state index in [1.165, 1.54) is 54.7 Å². The number of nitriles is 1. The number of rotatable bonds is 7. The Morgan fingerprint density at radius 1 is 1.00 bits per heavy atom. The number of hydrogen-bond donors (Lipinski definition) is 2. The van der Waals surface area contributed by atoms with Gasteiger partial charge in [-0.15, -0.1) is 0 Å². The molecule has 0 unspecified atom stereocenters. The number of hydrazone groups is 1. The van der Waals surface area contributed by atoms with E-state index in [0.717, 1.165) is 12.1 Å². The fourth-order valence-corrected chi connectivity index (χ4v) is 3.09. The van der Waals surface area contributed by atoms with Gasteiger partial charge in [0.1, 0.15) is 5.75 Å². The summed E-state index contributed by atoms with van der Waals surface area (Å²) in [5.74, 6) is -0.855. The van der Waals surface area contributed by atoms with Crippen LogP contribution < -0.4 is 15.5 Å². The second kappa shape index (κ2) is 11.1. The molecule has 0 radical (unpaired) electrons. The highest BCUT2D eigenvalue weighted by Crippen LogP contribution is 2.32. The number of hydrogen-bond acceptors (Lipinski definition) is 4. The maximum atomic E-state index is 13.2. The first-order valence-electron chi connectivity index (χ1n) is 9.98. The van der Waals surface area contributed by atoms with E-state index in [-0.39, 0.29) is 17.0 Å². The Kier molecular flexibility index (Phi) is 7.99. The first-order chi connectivity index (χ1) is 16.7. The molecule has 0 saturated carbocycles. The van der Waals surface area contributed by atoms with Crippen molar-refractivity contribution >= 4 is 17.9 Å². The van der Waals surface area contributed by atoms with Crippen molar-refractivity contribution in [3.05, 3.63) is 95.1 Å². The van der Waals surface area contributed by atoms with Crippen molar-refractivity contribution in [1.82, 2.24) is 5.43 Å². The summed E-state index contributed by atoms with van der Waals surface area (Å²) in [7, 11) is 0. The molecular weight excluding hydrogens is 471 g/mol. The maximum absolute atomic E-state index is 13.2. The van der Waals surface area contributed by atoms with E-state index >= 15 is 0 Å². The first-order valence-corrected chi connectivity index (χ1v) is 9.98. The summed E-state index contributed by atoms with van der Waals surface area (Å²) in [6, 6.07) is 17.2. The lowest BCUT2D eigenvalue weighted by atomic mass is 9.91. The molecule has 0 fully saturated rings. The molecule has 0 aliphatic rings. The molecule has 3 aromatic carbocycles. The summed E-state index contributed by atoms with van der Waals surface area (Å²) in [5, 5.41) is 15.3. The van der Waals surface area contributed by atoms with Gasteiger partial charge in [0.2, 0.25) is 0 Å². The van der Waals surface area contributed by atoms with Crippen molar-refractivity contribution in [2.45, 2.75) is 18.7 Å². The monoisotopic (exact) mass is 488 g/mol. The number of halogens is 5. The van der Waals surface area contributed by atoms with Gasteiger partial charge in [-0.2, -0.15) is 32.3 Å². The third kappa shape index (κ3) is 7.26. The van der Waals surface area contributed by atoms with Crippen molar-refractivity contribution in [3.63, 3.8) is 0 Å². The maximum Gasteiger partial charge on any atom is 0.416 e. The van der Waals surface area contributed by atoms with Crippen LogP contribution in [-0.2, 0) is 6.18 Å². The van der Waals surface area contributed by atoms with Crippen LogP contribution in [0.3, 0.4) is 0 Å². The van der Waals surface area contributed by atoms with Crippen LogP contribution in [0.2, 0.25) is 0 Å². The number of nitrogens with zero attached hydrogens (tertiary/aromatic N) is 2. The van der Waals surface area contributed by atoms with Gasteiger partial charge in [-0.25, -0.2) is 10.2 Å². The molecule has 3 aromatic rings. The van der Waals surface area contributed by atoms with Gasteiger partial charge in [0.15, 0.2) is 0 Å². The van der Waals surface area contributed by atoms with Gasteiger partial charge in [0.25, 0.3) is 0 Å². The van der Waals surface area contributed by atoms with E-state index in [4.69, 9.17) is 5.26 Å². The Hall–Kier alpha value is -4.46. The number of benzene rings is 3. The van der Waals surface area contributed by atoms with Gasteiger partial charge in [-0.1, -0.05) is 30.3 Å². The van der Waals surface area contributed by atoms with E-state index < -0.39 is 30.3 Å². The van der Waals surface area contributed by atoms with Crippen LogP contribution in [0.25, 0.3) is 0 Å². The average molecular weight is 488 g/mol. The van der Waals surface area contributed by atoms with Gasteiger partial charge >= 0.3 is 18.8 Å². The second-order valence-corrected chi connectivity index (χ2v) is 7.08. The Bertz CT molecular complexity index is 1220. The molecule has 0 aliphatic carbocycles. The normalized spacial score (nSPS) is 12.3. The molecule has 0 bridgehead atoms. The summed E-state index contributed by atoms with van der Waals surface area (Å²) in [6.45, 7) is -2.98. The molecule has 0 aromatic heterocycles. The molecule has 0 spiro atoms. The minimum Gasteiger partial charge on any atom is -0.435 e. The number of carbonyl (C=O) groups is 1. The van der Waals surface area contributed by atoms with Crippen LogP contribution in [-0.4, -0.2) is 18.9 Å². The van der Waals surface area contributed by atoms with E-state index in [1.54, 1.807) is 12.1 Å². The highest BCUT2D eigenvalue weighted by molar-refractivity contribution is 5.89. The van der Waals surface area contributed by atoms with Crippen molar-refractivity contribution < 1.29 is 31.5 Å². The number of nitrogens with one attached hydrogen (secondary N) is 2. The molecular formula is C24H17F5N4O2. The fourth-order valence-electron chi connectivity index (χ4n) is 3.09. The SMILES string of the molecule is N#Cc1ccc([C@H](/C=N\NC(=O)Nc2ccc(OC(F)F)cc2)c2cccc(C(F)(F)F)c2)cc1. The van der Waals surface area contributed by atoms with Crippen molar-refractivity contribution in [1.29, 1.82) is 5.26 Å². The Morgan fingerprint density at radius 3 is 2.29 bits per heavy atom. The zero-order valence-corrected chi connectivity index (χ0v) is 17.8. The van der Waals surface area contributed by atoms with Crippen molar-refractivity contribution in [2.75, 3.05) is 5.32 Å². The molecule has 6 nitrogen and oxygen atoms in total. The number of amides is 2. The van der Waals surface area contributed by atoms with Gasteiger partial charge in [-0.05, 0) is 53.6 Å². The topological polar surface area (TPSA) is 86.5 Å². The summed E-state index contributed by atoms with van der Waals surface area (Å²) in [6.07, 6.45) is -3.29. The van der Waals surface area contributed by atoms with Crippen LogP contribution in [0, 0.1) is 11.3 Å². The van der Waals surface area contributed by atoms with Crippen LogP contribution >= 0.6 is 0 Å². The molecule has 2 amide bonds. The summed E-state index contributed by atoms with van der Waals surface area (Å²) >= 11 is 0. The molecule has 0 heterocycles. The second-order valence-electron chi connectivity index (χ2n) is 7.08. The van der Waals surface area contributed by atoms with Crippen LogP contribution in [0.4, 0.5) is 32.4 Å². The molecule has 0 saturated heterocycles. The highest BCUT2D eigenvalue weighted by atomic mass is 19.4. The highest BCUT2D eigenvalue weighted by Gasteiger charge is 2.31. The largest absolute Gasteiger partial charge is 0.435 e. The van der Waals surface area contributed by atoms with Crippen LogP contribution in [0.15, 0.2) is 77.9 Å². The number of carbonyl (C=O) groups excluding carboxylic acids is 1. The zero-order valence-electron chi connectivity index (χ0n) is 17.8. The molecule has 2 N–H and O–H groups in total. The molecule has 35 heavy (non-hydrogen) atoms. The predicted octanol–water partition coefficient (Wildman–Crippen LogP) is 6.12. The number of alkyl halides is 5. The van der Waals surface area contributed by atoms with Gasteiger partial charge in [-0.3, -0.25) is 0 Å². The standard InChI is InChI=1S/C24H17F5N4O2/c25-22(26)35-20-10-8-19(9-11-20)32-23(34)33-31-14-21(16-6-4-15(13-30)5-7-16)17-2-1-3-18(12-17)24(27,28)29/h1-12,14,21-22H,(H2,32,33,34)/b31-14-/t21-/m0/s1. The van der Waals surface area contributed by atoms with Gasteiger partial charge in [0, 0.05) is 17.8 Å². The van der Waals surface area contributed by atoms with Crippen LogP contribution in [0.5, 0.6) is 5.75 Å². The minimum atomic E-state index is -4.55. The average Bonchev–Trinajstić information content (AvgIpc) is 2.82. The number of ether oxygens (including phenoxy) is 1. The summed E-state index contributed by atoms with van der Waals surface area (Å²) in [4.78, 5) is 12.1. The smallest absolute Gasteiger partial charge is 0.416 e. The summed E-state index contributed by atoms with van der Waals surface area (Å²) in [5.41, 5.74) is 2.82. The predicted molar refractivity (Wildman–Crippen MR) is 118 cm³/mol. The zero-order chi connectivity index (χ0) is 25.4. The number of anilines is 1. The first kappa shape index (κ1) is 25.2. The van der Waals surface area contributed by atoms with E-state index in [1.807, 2.05) is 6.07 Å². The minimum absolute atomic E-state index is 0.0877. The molecule has 11 heteroatoms. The van der Waals surface area contributed by atoms with Gasteiger partial charge in [0.05, 0.1) is 17.2 Å². The molecule has 3 rings (SSSR count). The molecule has 180 valence electrons. The third-order valence-electron chi connectivity index (χ3n) is 4.70. The van der Waals surface area contributed by atoms with E-state index in [0.29, 0.717) is 11.1 Å². The molecule has 0 aliphatic heterocycles. The van der Waals surface area contributed by atoms with Crippen molar-refractivity contribution in [2.24, 2.45) is 5.10 Å². The molecule has 1 atom stereocenters. The number of urea groups is 1. The van der Waals surface area contributed by atoms with E-state index in [2.05, 4.69) is 20.6 Å². The Morgan fingerprint density at radius 2 is 1.69 bits per heavy atom. The Balaban J connectivity index is 1.76.